The third-order valence-electron chi connectivity index (χ3n) is 4.30. The number of nitro groups is 1. The Balaban J connectivity index is 1.76. The van der Waals surface area contributed by atoms with Gasteiger partial charge in [-0.1, -0.05) is 0 Å². The number of nitro benzene ring substituents is 1. The van der Waals surface area contributed by atoms with Gasteiger partial charge in [-0.3, -0.25) is 10.1 Å². The second-order valence-electron chi connectivity index (χ2n) is 5.41. The summed E-state index contributed by atoms with van der Waals surface area (Å²) in [5.74, 6) is 1.28. The van der Waals surface area contributed by atoms with Crippen molar-refractivity contribution in [2.24, 2.45) is 11.8 Å². The number of nitrogens with zero attached hydrogens (tertiary/aromatic N) is 4. The predicted molar refractivity (Wildman–Crippen MR) is 70.5 cm³/mol. The average Bonchev–Trinajstić information content (AvgIpc) is 3.11. The third kappa shape index (κ3) is 1.58. The number of fused-ring (bicyclic) bond motifs is 2. The van der Waals surface area contributed by atoms with Crippen LogP contribution in [-0.4, -0.2) is 41.4 Å². The van der Waals surface area contributed by atoms with Gasteiger partial charge in [0.05, 0.1) is 10.6 Å². The quantitative estimate of drug-likeness (QED) is 0.639. The highest BCUT2D eigenvalue weighted by Crippen LogP contribution is 2.36. The molecule has 2 fully saturated rings. The highest BCUT2D eigenvalue weighted by Gasteiger charge is 2.37. The van der Waals surface area contributed by atoms with Crippen molar-refractivity contribution in [1.82, 2.24) is 15.6 Å². The molecule has 0 saturated carbocycles. The van der Waals surface area contributed by atoms with Crippen LogP contribution < -0.4 is 10.2 Å². The van der Waals surface area contributed by atoms with Gasteiger partial charge in [-0.15, -0.1) is 0 Å². The number of aromatic nitrogens is 2. The van der Waals surface area contributed by atoms with Crippen LogP contribution in [0.4, 0.5) is 11.4 Å². The largest absolute Gasteiger partial charge is 0.369 e. The SMILES string of the molecule is O=[N+]([O-])c1ccc(N2CC3CNCC3C2)c2nonc12. The molecule has 1 aromatic heterocycles. The normalized spacial score (nSPS) is 25.3. The van der Waals surface area contributed by atoms with E-state index in [9.17, 15) is 10.1 Å². The van der Waals surface area contributed by atoms with Gasteiger partial charge in [0.2, 0.25) is 5.52 Å². The fourth-order valence-electron chi connectivity index (χ4n) is 3.30. The third-order valence-corrected chi connectivity index (χ3v) is 4.30. The molecule has 1 N–H and O–H groups in total. The molecule has 0 radical (unpaired) electrons. The zero-order chi connectivity index (χ0) is 13.7. The molecule has 2 saturated heterocycles. The molecule has 4 rings (SSSR count). The first-order valence-corrected chi connectivity index (χ1v) is 6.59. The number of hydrogen-bond donors (Lipinski definition) is 1. The fourth-order valence-corrected chi connectivity index (χ4v) is 3.30. The smallest absolute Gasteiger partial charge is 0.300 e. The van der Waals surface area contributed by atoms with Gasteiger partial charge in [-0.2, -0.15) is 0 Å². The van der Waals surface area contributed by atoms with E-state index in [-0.39, 0.29) is 11.2 Å². The van der Waals surface area contributed by atoms with Gasteiger partial charge >= 0.3 is 5.69 Å². The van der Waals surface area contributed by atoms with Crippen LogP contribution in [0.5, 0.6) is 0 Å². The molecule has 3 heterocycles. The Hall–Kier alpha value is -2.22. The molecule has 2 atom stereocenters. The monoisotopic (exact) mass is 275 g/mol. The van der Waals surface area contributed by atoms with Gasteiger partial charge < -0.3 is 10.2 Å². The lowest BCUT2D eigenvalue weighted by atomic mass is 10.0. The Morgan fingerprint density at radius 1 is 1.25 bits per heavy atom. The maximum Gasteiger partial charge on any atom is 0.300 e. The van der Waals surface area contributed by atoms with Crippen molar-refractivity contribution in [3.63, 3.8) is 0 Å². The first-order valence-electron chi connectivity index (χ1n) is 6.59. The van der Waals surface area contributed by atoms with Crippen LogP contribution in [-0.2, 0) is 0 Å². The Kier molecular flexibility index (Phi) is 2.40. The average molecular weight is 275 g/mol. The number of hydrogen-bond acceptors (Lipinski definition) is 7. The number of non-ortho nitro benzene ring substituents is 1. The van der Waals surface area contributed by atoms with E-state index >= 15 is 0 Å². The van der Waals surface area contributed by atoms with E-state index in [2.05, 4.69) is 20.5 Å². The Morgan fingerprint density at radius 2 is 1.95 bits per heavy atom. The van der Waals surface area contributed by atoms with Crippen LogP contribution in [0.25, 0.3) is 11.0 Å². The maximum atomic E-state index is 11.0. The Morgan fingerprint density at radius 3 is 2.65 bits per heavy atom. The lowest BCUT2D eigenvalue weighted by molar-refractivity contribution is -0.383. The first-order chi connectivity index (χ1) is 9.74. The highest BCUT2D eigenvalue weighted by atomic mass is 16.6. The summed E-state index contributed by atoms with van der Waals surface area (Å²) < 4.78 is 4.71. The lowest BCUT2D eigenvalue weighted by Gasteiger charge is -2.19. The molecule has 0 bridgehead atoms. The summed E-state index contributed by atoms with van der Waals surface area (Å²) in [5.41, 5.74) is 1.52. The van der Waals surface area contributed by atoms with Crippen LogP contribution in [0.2, 0.25) is 0 Å². The molecule has 2 aromatic rings. The van der Waals surface area contributed by atoms with E-state index in [0.717, 1.165) is 31.9 Å². The van der Waals surface area contributed by atoms with E-state index in [1.807, 2.05) is 0 Å². The maximum absolute atomic E-state index is 11.0. The molecule has 8 nitrogen and oxygen atoms in total. The summed E-state index contributed by atoms with van der Waals surface area (Å²) in [7, 11) is 0. The molecule has 0 spiro atoms. The van der Waals surface area contributed by atoms with Crippen molar-refractivity contribution < 1.29 is 9.55 Å². The molecule has 1 aromatic carbocycles. The predicted octanol–water partition coefficient (Wildman–Crippen LogP) is 0.787. The number of anilines is 1. The summed E-state index contributed by atoms with van der Waals surface area (Å²) in [6, 6.07) is 3.23. The summed E-state index contributed by atoms with van der Waals surface area (Å²) in [5, 5.41) is 21.9. The minimum atomic E-state index is -0.459. The Labute approximate surface area is 113 Å². The minimum Gasteiger partial charge on any atom is -0.369 e. The van der Waals surface area contributed by atoms with Crippen molar-refractivity contribution in [1.29, 1.82) is 0 Å². The fraction of sp³-hybridized carbons (Fsp3) is 0.500. The summed E-state index contributed by atoms with van der Waals surface area (Å²) in [6.07, 6.45) is 0. The van der Waals surface area contributed by atoms with Crippen LogP contribution in [0.3, 0.4) is 0 Å². The molecule has 0 aliphatic carbocycles. The van der Waals surface area contributed by atoms with Crippen LogP contribution >= 0.6 is 0 Å². The number of benzene rings is 1. The molecule has 2 aliphatic heterocycles. The Bertz CT molecular complexity index is 673. The second-order valence-corrected chi connectivity index (χ2v) is 5.41. The summed E-state index contributed by atoms with van der Waals surface area (Å²) >= 11 is 0. The molecule has 2 aliphatic rings. The van der Waals surface area contributed by atoms with Crippen molar-refractivity contribution in [3.05, 3.63) is 22.2 Å². The van der Waals surface area contributed by atoms with E-state index in [0.29, 0.717) is 17.4 Å². The van der Waals surface area contributed by atoms with Gasteiger partial charge in [0.15, 0.2) is 5.52 Å². The van der Waals surface area contributed by atoms with E-state index in [1.165, 1.54) is 6.07 Å². The van der Waals surface area contributed by atoms with Crippen molar-refractivity contribution in [3.8, 4) is 0 Å². The second kappa shape index (κ2) is 4.14. The van der Waals surface area contributed by atoms with Gasteiger partial charge in [0, 0.05) is 32.2 Å². The van der Waals surface area contributed by atoms with Gasteiger partial charge in [0.25, 0.3) is 0 Å². The van der Waals surface area contributed by atoms with Crippen LogP contribution in [0.15, 0.2) is 16.8 Å². The first kappa shape index (κ1) is 11.6. The zero-order valence-electron chi connectivity index (χ0n) is 10.7. The van der Waals surface area contributed by atoms with Crippen molar-refractivity contribution in [2.75, 3.05) is 31.1 Å². The van der Waals surface area contributed by atoms with E-state index in [1.54, 1.807) is 6.07 Å². The molecule has 2 unspecified atom stereocenters. The van der Waals surface area contributed by atoms with Crippen molar-refractivity contribution in [2.45, 2.75) is 0 Å². The molecular formula is C12H13N5O3. The topological polar surface area (TPSA) is 97.3 Å². The molecule has 104 valence electrons. The van der Waals surface area contributed by atoms with Crippen LogP contribution in [0, 0.1) is 22.0 Å². The molecule has 0 amide bonds. The molecule has 20 heavy (non-hydrogen) atoms. The number of rotatable bonds is 2. The standard InChI is InChI=1S/C12H13N5O3/c18-17(19)10-2-1-9(11-12(10)15-20-14-11)16-5-7-3-13-4-8(7)6-16/h1-2,7-8,13H,3-6H2. The van der Waals surface area contributed by atoms with E-state index < -0.39 is 4.92 Å². The zero-order valence-corrected chi connectivity index (χ0v) is 10.7. The molecular weight excluding hydrogens is 262 g/mol. The minimum absolute atomic E-state index is 0.0638. The summed E-state index contributed by atoms with van der Waals surface area (Å²) in [6.45, 7) is 3.96. The van der Waals surface area contributed by atoms with Gasteiger partial charge in [-0.05, 0) is 28.2 Å². The van der Waals surface area contributed by atoms with Gasteiger partial charge in [-0.25, -0.2) is 4.63 Å². The van der Waals surface area contributed by atoms with E-state index in [4.69, 9.17) is 4.63 Å². The van der Waals surface area contributed by atoms with Crippen molar-refractivity contribution >= 4 is 22.4 Å². The number of nitrogens with one attached hydrogen (secondary N) is 1. The summed E-state index contributed by atoms with van der Waals surface area (Å²) in [4.78, 5) is 12.7. The van der Waals surface area contributed by atoms with Gasteiger partial charge in [0.1, 0.15) is 0 Å². The lowest BCUT2D eigenvalue weighted by Crippen LogP contribution is -2.25. The molecule has 8 heteroatoms. The highest BCUT2D eigenvalue weighted by molar-refractivity contribution is 5.93. The van der Waals surface area contributed by atoms with Crippen LogP contribution in [0.1, 0.15) is 0 Å².